The molecule has 1 aliphatic heterocycles. The molecule has 2 aliphatic rings. The van der Waals surface area contributed by atoms with Gasteiger partial charge in [-0.25, -0.2) is 0 Å². The van der Waals surface area contributed by atoms with Crippen LogP contribution in [0.25, 0.3) is 0 Å². The molecule has 2 heteroatoms. The zero-order chi connectivity index (χ0) is 16.2. The number of piperidine rings is 1. The van der Waals surface area contributed by atoms with Gasteiger partial charge in [0, 0.05) is 17.8 Å². The summed E-state index contributed by atoms with van der Waals surface area (Å²) in [6.45, 7) is 2.33. The van der Waals surface area contributed by atoms with Crippen molar-refractivity contribution in [3.63, 3.8) is 0 Å². The van der Waals surface area contributed by atoms with E-state index in [1.807, 2.05) is 12.4 Å². The van der Waals surface area contributed by atoms with Gasteiger partial charge in [0.05, 0.1) is 0 Å². The first-order chi connectivity index (χ1) is 11.9. The number of nitrogens with one attached hydrogen (secondary N) is 1. The quantitative estimate of drug-likeness (QED) is 0.888. The molecule has 2 fully saturated rings. The highest BCUT2D eigenvalue weighted by Gasteiger charge is 2.42. The van der Waals surface area contributed by atoms with Gasteiger partial charge in [-0.15, -0.1) is 0 Å². The van der Waals surface area contributed by atoms with Crippen LogP contribution in [0, 0.1) is 5.92 Å². The van der Waals surface area contributed by atoms with E-state index in [-0.39, 0.29) is 0 Å². The zero-order valence-corrected chi connectivity index (χ0v) is 14.5. The molecule has 1 N–H and O–H groups in total. The lowest BCUT2D eigenvalue weighted by Crippen LogP contribution is -2.46. The topological polar surface area (TPSA) is 24.9 Å². The molecule has 0 spiro atoms. The van der Waals surface area contributed by atoms with E-state index in [1.54, 1.807) is 5.56 Å². The van der Waals surface area contributed by atoms with Crippen LogP contribution in [0.15, 0.2) is 54.9 Å². The van der Waals surface area contributed by atoms with Crippen molar-refractivity contribution < 1.29 is 0 Å². The smallest absolute Gasteiger partial charge is 0.0270 e. The number of aromatic nitrogens is 1. The lowest BCUT2D eigenvalue weighted by molar-refractivity contribution is 0.148. The summed E-state index contributed by atoms with van der Waals surface area (Å²) in [6, 6.07) is 15.8. The Labute approximate surface area is 145 Å². The van der Waals surface area contributed by atoms with Crippen LogP contribution >= 0.6 is 0 Å². The second-order valence-electron chi connectivity index (χ2n) is 7.60. The Morgan fingerprint density at radius 1 is 0.833 bits per heavy atom. The molecule has 0 amide bonds. The predicted octanol–water partition coefficient (Wildman–Crippen LogP) is 4.68. The summed E-state index contributed by atoms with van der Waals surface area (Å²) in [4.78, 5) is 4.17. The molecule has 1 aromatic carbocycles. The second kappa shape index (κ2) is 7.06. The van der Waals surface area contributed by atoms with Crippen molar-refractivity contribution in [3.8, 4) is 0 Å². The predicted molar refractivity (Wildman–Crippen MR) is 99.2 cm³/mol. The van der Waals surface area contributed by atoms with E-state index in [1.165, 1.54) is 57.2 Å². The molecular formula is C22H28N2. The minimum Gasteiger partial charge on any atom is -0.317 e. The lowest BCUT2D eigenvalue weighted by atomic mass is 9.59. The van der Waals surface area contributed by atoms with Gasteiger partial charge in [-0.3, -0.25) is 4.98 Å². The first-order valence-corrected chi connectivity index (χ1v) is 9.55. The molecule has 0 unspecified atom stereocenters. The Morgan fingerprint density at radius 3 is 2.17 bits per heavy atom. The lowest BCUT2D eigenvalue weighted by Gasteiger charge is -2.47. The van der Waals surface area contributed by atoms with Crippen molar-refractivity contribution in [2.45, 2.75) is 49.9 Å². The summed E-state index contributed by atoms with van der Waals surface area (Å²) in [6.07, 6.45) is 11.9. The third kappa shape index (κ3) is 3.00. The Bertz CT molecular complexity index is 624. The van der Waals surface area contributed by atoms with Gasteiger partial charge in [0.25, 0.3) is 0 Å². The molecule has 0 bridgehead atoms. The van der Waals surface area contributed by atoms with Gasteiger partial charge in [-0.05, 0) is 86.7 Å². The van der Waals surface area contributed by atoms with Crippen molar-refractivity contribution in [1.29, 1.82) is 0 Å². The number of rotatable bonds is 3. The van der Waals surface area contributed by atoms with Gasteiger partial charge in [0.15, 0.2) is 0 Å². The summed E-state index contributed by atoms with van der Waals surface area (Å²) in [5, 5.41) is 3.58. The third-order valence-electron chi connectivity index (χ3n) is 6.53. The Hall–Kier alpha value is -1.67. The van der Waals surface area contributed by atoms with Gasteiger partial charge in [-0.2, -0.15) is 0 Å². The largest absolute Gasteiger partial charge is 0.317 e. The van der Waals surface area contributed by atoms with E-state index in [9.17, 15) is 0 Å². The summed E-state index contributed by atoms with van der Waals surface area (Å²) in [5.74, 6) is 1.57. The molecule has 1 saturated heterocycles. The highest BCUT2D eigenvalue weighted by molar-refractivity contribution is 5.28. The van der Waals surface area contributed by atoms with Crippen LogP contribution in [0.2, 0.25) is 0 Å². The Morgan fingerprint density at radius 2 is 1.50 bits per heavy atom. The maximum Gasteiger partial charge on any atom is 0.0270 e. The molecule has 2 aromatic rings. The average Bonchev–Trinajstić information content (AvgIpc) is 2.70. The summed E-state index contributed by atoms with van der Waals surface area (Å²) < 4.78 is 0. The summed E-state index contributed by atoms with van der Waals surface area (Å²) in [5.41, 5.74) is 3.47. The van der Waals surface area contributed by atoms with Crippen molar-refractivity contribution in [2.75, 3.05) is 13.1 Å². The first-order valence-electron chi connectivity index (χ1n) is 9.55. The Kier molecular flexibility index (Phi) is 4.66. The van der Waals surface area contributed by atoms with Gasteiger partial charge in [-0.1, -0.05) is 30.3 Å². The van der Waals surface area contributed by atoms with Crippen LogP contribution in [0.1, 0.15) is 55.6 Å². The van der Waals surface area contributed by atoms with Gasteiger partial charge in [0.1, 0.15) is 0 Å². The standard InChI is InChI=1S/C22H28N2/c1-2-4-20(5-3-1)22(12-16-24-17-13-22)21-8-6-18(7-9-21)19-10-14-23-15-11-19/h1-5,10-11,14-15,18,21,24H,6-9,12-13,16-17H2. The number of hydrogen-bond acceptors (Lipinski definition) is 2. The molecule has 24 heavy (non-hydrogen) atoms. The molecule has 4 rings (SSSR count). The molecule has 1 aromatic heterocycles. The van der Waals surface area contributed by atoms with Crippen LogP contribution in [0.3, 0.4) is 0 Å². The highest BCUT2D eigenvalue weighted by Crippen LogP contribution is 2.49. The van der Waals surface area contributed by atoms with Crippen molar-refractivity contribution >= 4 is 0 Å². The molecule has 0 radical (unpaired) electrons. The van der Waals surface area contributed by atoms with Crippen molar-refractivity contribution in [3.05, 3.63) is 66.0 Å². The van der Waals surface area contributed by atoms with Gasteiger partial charge < -0.3 is 5.32 Å². The van der Waals surface area contributed by atoms with E-state index >= 15 is 0 Å². The fourth-order valence-electron chi connectivity index (χ4n) is 5.19. The van der Waals surface area contributed by atoms with Crippen LogP contribution in [0.5, 0.6) is 0 Å². The minimum atomic E-state index is 0.399. The molecule has 1 aliphatic carbocycles. The molecular weight excluding hydrogens is 292 g/mol. The fraction of sp³-hybridized carbons (Fsp3) is 0.500. The summed E-state index contributed by atoms with van der Waals surface area (Å²) >= 11 is 0. The SMILES string of the molecule is c1ccc(C2(C3CCC(c4ccncc4)CC3)CCNCC2)cc1. The monoisotopic (exact) mass is 320 g/mol. The fourth-order valence-corrected chi connectivity index (χ4v) is 5.19. The van der Waals surface area contributed by atoms with Crippen molar-refractivity contribution in [1.82, 2.24) is 10.3 Å². The average molecular weight is 320 g/mol. The van der Waals surface area contributed by atoms with E-state index in [0.29, 0.717) is 5.41 Å². The van der Waals surface area contributed by atoms with E-state index in [2.05, 4.69) is 52.8 Å². The zero-order valence-electron chi connectivity index (χ0n) is 14.5. The van der Waals surface area contributed by atoms with Gasteiger partial charge in [0.2, 0.25) is 0 Å². The number of nitrogens with zero attached hydrogens (tertiary/aromatic N) is 1. The normalized spacial score (nSPS) is 26.8. The minimum absolute atomic E-state index is 0.399. The molecule has 126 valence electrons. The van der Waals surface area contributed by atoms with E-state index in [4.69, 9.17) is 0 Å². The highest BCUT2D eigenvalue weighted by atomic mass is 14.9. The van der Waals surface area contributed by atoms with E-state index in [0.717, 1.165) is 11.8 Å². The molecule has 1 saturated carbocycles. The molecule has 2 nitrogen and oxygen atoms in total. The van der Waals surface area contributed by atoms with Crippen LogP contribution in [-0.4, -0.2) is 18.1 Å². The van der Waals surface area contributed by atoms with Crippen LogP contribution < -0.4 is 5.32 Å². The third-order valence-corrected chi connectivity index (χ3v) is 6.53. The number of pyridine rings is 1. The number of hydrogen-bond donors (Lipinski definition) is 1. The second-order valence-corrected chi connectivity index (χ2v) is 7.60. The van der Waals surface area contributed by atoms with Crippen LogP contribution in [-0.2, 0) is 5.41 Å². The maximum atomic E-state index is 4.17. The maximum absolute atomic E-state index is 4.17. The van der Waals surface area contributed by atoms with E-state index < -0.39 is 0 Å². The van der Waals surface area contributed by atoms with Gasteiger partial charge >= 0.3 is 0 Å². The first kappa shape index (κ1) is 15.8. The summed E-state index contributed by atoms with van der Waals surface area (Å²) in [7, 11) is 0. The van der Waals surface area contributed by atoms with Crippen LogP contribution in [0.4, 0.5) is 0 Å². The molecule has 0 atom stereocenters. The number of benzene rings is 1. The van der Waals surface area contributed by atoms with Crippen molar-refractivity contribution in [2.24, 2.45) is 5.92 Å². The Balaban J connectivity index is 1.53. The molecule has 2 heterocycles.